The third-order valence-corrected chi connectivity index (χ3v) is 4.54. The van der Waals surface area contributed by atoms with Crippen LogP contribution in [0.15, 0.2) is 24.7 Å². The van der Waals surface area contributed by atoms with Gasteiger partial charge < -0.3 is 4.74 Å². The molecule has 0 radical (unpaired) electrons. The fraction of sp³-hybridized carbons (Fsp3) is 0.421. The van der Waals surface area contributed by atoms with Gasteiger partial charge in [-0.1, -0.05) is 6.07 Å². The minimum Gasteiger partial charge on any atom is -0.455 e. The van der Waals surface area contributed by atoms with E-state index in [-0.39, 0.29) is 12.4 Å². The zero-order valence-corrected chi connectivity index (χ0v) is 15.8. The fourth-order valence-corrected chi connectivity index (χ4v) is 2.96. The van der Waals surface area contributed by atoms with E-state index in [9.17, 15) is 4.79 Å². The Labute approximate surface area is 152 Å². The van der Waals surface area contributed by atoms with Crippen LogP contribution in [0.1, 0.15) is 48.5 Å². The number of rotatable bonds is 5. The number of nitrogens with zero attached hydrogens (tertiary/aromatic N) is 5. The summed E-state index contributed by atoms with van der Waals surface area (Å²) >= 11 is 0. The zero-order chi connectivity index (χ0) is 18.9. The molecule has 3 rings (SSSR count). The molecule has 0 amide bonds. The topological polar surface area (TPSA) is 82.3 Å². The van der Waals surface area contributed by atoms with Crippen LogP contribution >= 0.6 is 0 Å². The largest absolute Gasteiger partial charge is 0.455 e. The molecular formula is C19H23N5O2. The molecule has 0 aromatic carbocycles. The quantitative estimate of drug-likeness (QED) is 0.656. The van der Waals surface area contributed by atoms with Crippen molar-refractivity contribution in [2.75, 3.05) is 0 Å². The first-order valence-corrected chi connectivity index (χ1v) is 8.59. The van der Waals surface area contributed by atoms with E-state index in [1.54, 1.807) is 10.7 Å². The summed E-state index contributed by atoms with van der Waals surface area (Å²) in [6, 6.07) is 3.85. The number of aryl methyl sites for hydroxylation is 3. The lowest BCUT2D eigenvalue weighted by atomic mass is 9.99. The third kappa shape index (κ3) is 3.56. The second-order valence-electron chi connectivity index (χ2n) is 6.91. The summed E-state index contributed by atoms with van der Waals surface area (Å²) in [6.07, 6.45) is 4.04. The van der Waals surface area contributed by atoms with Crippen LogP contribution in [0.25, 0.3) is 5.78 Å². The fourth-order valence-electron chi connectivity index (χ4n) is 2.96. The number of carbonyl (C=O) groups is 1. The van der Waals surface area contributed by atoms with Gasteiger partial charge in [-0.3, -0.25) is 9.78 Å². The highest BCUT2D eigenvalue weighted by atomic mass is 16.6. The van der Waals surface area contributed by atoms with Gasteiger partial charge in [-0.15, -0.1) is 0 Å². The summed E-state index contributed by atoms with van der Waals surface area (Å²) in [7, 11) is 0. The molecule has 0 spiro atoms. The number of carbonyl (C=O) groups excluding carboxylic acids is 1. The predicted octanol–water partition coefficient (Wildman–Crippen LogP) is 2.86. The van der Waals surface area contributed by atoms with Gasteiger partial charge in [-0.05, 0) is 52.7 Å². The van der Waals surface area contributed by atoms with Crippen LogP contribution in [0.2, 0.25) is 0 Å². The molecule has 0 atom stereocenters. The van der Waals surface area contributed by atoms with Gasteiger partial charge in [0.25, 0.3) is 5.78 Å². The monoisotopic (exact) mass is 353 g/mol. The summed E-state index contributed by atoms with van der Waals surface area (Å²) in [4.78, 5) is 25.2. The lowest BCUT2D eigenvalue weighted by molar-refractivity contribution is -0.157. The molecule has 0 N–H and O–H groups in total. The Hall–Kier alpha value is -2.83. The molecule has 136 valence electrons. The van der Waals surface area contributed by atoms with Crippen molar-refractivity contribution in [3.8, 4) is 0 Å². The van der Waals surface area contributed by atoms with Crippen LogP contribution in [0.3, 0.4) is 0 Å². The van der Waals surface area contributed by atoms with Crippen LogP contribution in [-0.2, 0) is 21.6 Å². The van der Waals surface area contributed by atoms with E-state index in [0.29, 0.717) is 12.2 Å². The summed E-state index contributed by atoms with van der Waals surface area (Å²) in [5.41, 5.74) is 3.87. The Bertz CT molecular complexity index is 944. The number of esters is 1. The number of hydrogen-bond acceptors (Lipinski definition) is 6. The molecule has 0 unspecified atom stereocenters. The molecule has 3 aromatic rings. The smallest absolute Gasteiger partial charge is 0.306 e. The molecule has 0 saturated heterocycles. The van der Waals surface area contributed by atoms with Crippen molar-refractivity contribution < 1.29 is 9.53 Å². The maximum Gasteiger partial charge on any atom is 0.306 e. The molecule has 0 aliphatic rings. The Kier molecular flexibility index (Phi) is 4.71. The zero-order valence-electron chi connectivity index (χ0n) is 15.8. The maximum atomic E-state index is 12.4. The molecule has 7 nitrogen and oxygen atoms in total. The standard InChI is InChI=1S/C19H23N5O2/c1-12-6-7-15(10-20-12)19(4,5)26-17(25)9-8-16-13(2)23-18-21-11-22-24(18)14(16)3/h6-7,10-11H,8-9H2,1-5H3. The van der Waals surface area contributed by atoms with E-state index in [4.69, 9.17) is 4.74 Å². The van der Waals surface area contributed by atoms with E-state index >= 15 is 0 Å². The second-order valence-corrected chi connectivity index (χ2v) is 6.91. The number of pyridine rings is 1. The van der Waals surface area contributed by atoms with E-state index in [0.717, 1.165) is 28.2 Å². The molecule has 7 heteroatoms. The van der Waals surface area contributed by atoms with Crippen LogP contribution in [0.5, 0.6) is 0 Å². The molecule has 3 aromatic heterocycles. The van der Waals surface area contributed by atoms with Crippen molar-refractivity contribution in [2.45, 2.75) is 53.1 Å². The normalized spacial score (nSPS) is 11.7. The van der Waals surface area contributed by atoms with Gasteiger partial charge in [0.05, 0.1) is 0 Å². The molecule has 0 saturated carbocycles. The van der Waals surface area contributed by atoms with Crippen LogP contribution in [-0.4, -0.2) is 30.5 Å². The molecule has 0 bridgehead atoms. The number of fused-ring (bicyclic) bond motifs is 1. The van der Waals surface area contributed by atoms with Crippen LogP contribution in [0.4, 0.5) is 0 Å². The Morgan fingerprint density at radius 2 is 1.96 bits per heavy atom. The first-order chi connectivity index (χ1) is 12.3. The minimum absolute atomic E-state index is 0.256. The van der Waals surface area contributed by atoms with Crippen molar-refractivity contribution in [1.82, 2.24) is 24.6 Å². The third-order valence-electron chi connectivity index (χ3n) is 4.54. The average Bonchev–Trinajstić information content (AvgIpc) is 3.03. The summed E-state index contributed by atoms with van der Waals surface area (Å²) < 4.78 is 7.39. The average molecular weight is 353 g/mol. The molecule has 0 aliphatic carbocycles. The lowest BCUT2D eigenvalue weighted by Crippen LogP contribution is -2.26. The first kappa shape index (κ1) is 18.0. The lowest BCUT2D eigenvalue weighted by Gasteiger charge is -2.25. The maximum absolute atomic E-state index is 12.4. The van der Waals surface area contributed by atoms with Crippen molar-refractivity contribution >= 4 is 11.7 Å². The van der Waals surface area contributed by atoms with Crippen LogP contribution < -0.4 is 0 Å². The van der Waals surface area contributed by atoms with Crippen LogP contribution in [0, 0.1) is 20.8 Å². The van der Waals surface area contributed by atoms with Crippen molar-refractivity contribution in [3.63, 3.8) is 0 Å². The van der Waals surface area contributed by atoms with Gasteiger partial charge in [0.2, 0.25) is 0 Å². The van der Waals surface area contributed by atoms with E-state index in [1.165, 1.54) is 6.33 Å². The number of ether oxygens (including phenoxy) is 1. The van der Waals surface area contributed by atoms with Crippen molar-refractivity contribution in [3.05, 3.63) is 52.9 Å². The van der Waals surface area contributed by atoms with E-state index in [1.807, 2.05) is 46.8 Å². The van der Waals surface area contributed by atoms with Gasteiger partial charge in [0.15, 0.2) is 0 Å². The summed E-state index contributed by atoms with van der Waals surface area (Å²) in [5, 5.41) is 4.17. The summed E-state index contributed by atoms with van der Waals surface area (Å²) in [6.45, 7) is 9.55. The number of aromatic nitrogens is 5. The Morgan fingerprint density at radius 3 is 2.65 bits per heavy atom. The van der Waals surface area contributed by atoms with E-state index in [2.05, 4.69) is 20.1 Å². The molecule has 26 heavy (non-hydrogen) atoms. The predicted molar refractivity (Wildman–Crippen MR) is 96.7 cm³/mol. The van der Waals surface area contributed by atoms with Gasteiger partial charge in [0, 0.05) is 35.3 Å². The van der Waals surface area contributed by atoms with Gasteiger partial charge >= 0.3 is 5.97 Å². The highest BCUT2D eigenvalue weighted by Gasteiger charge is 2.26. The van der Waals surface area contributed by atoms with Gasteiger partial charge in [-0.2, -0.15) is 10.1 Å². The first-order valence-electron chi connectivity index (χ1n) is 8.59. The van der Waals surface area contributed by atoms with E-state index < -0.39 is 5.60 Å². The molecule has 0 fully saturated rings. The Morgan fingerprint density at radius 1 is 1.19 bits per heavy atom. The minimum atomic E-state index is -0.726. The Balaban J connectivity index is 1.70. The van der Waals surface area contributed by atoms with Crippen molar-refractivity contribution in [1.29, 1.82) is 0 Å². The number of hydrogen-bond donors (Lipinski definition) is 0. The molecule has 3 heterocycles. The summed E-state index contributed by atoms with van der Waals surface area (Å²) in [5.74, 6) is 0.312. The SMILES string of the molecule is Cc1ccc(C(C)(C)OC(=O)CCc2c(C)nc3ncnn3c2C)cn1. The second kappa shape index (κ2) is 6.82. The van der Waals surface area contributed by atoms with Crippen molar-refractivity contribution in [2.24, 2.45) is 0 Å². The van der Waals surface area contributed by atoms with Gasteiger partial charge in [-0.25, -0.2) is 9.50 Å². The van der Waals surface area contributed by atoms with Gasteiger partial charge in [0.1, 0.15) is 11.9 Å². The highest BCUT2D eigenvalue weighted by Crippen LogP contribution is 2.25. The highest BCUT2D eigenvalue weighted by molar-refractivity contribution is 5.70. The molecule has 0 aliphatic heterocycles. The molecular weight excluding hydrogens is 330 g/mol.